The minimum Gasteiger partial charge on any atom is -0.394 e. The number of rotatable bonds is 3. The van der Waals surface area contributed by atoms with Crippen LogP contribution in [0.25, 0.3) is 0 Å². The van der Waals surface area contributed by atoms with Crippen molar-refractivity contribution in [2.75, 3.05) is 6.61 Å². The van der Waals surface area contributed by atoms with Crippen molar-refractivity contribution in [3.63, 3.8) is 0 Å². The molecule has 1 saturated heterocycles. The predicted octanol–water partition coefficient (Wildman–Crippen LogP) is 1.66. The van der Waals surface area contributed by atoms with Crippen molar-refractivity contribution in [2.24, 2.45) is 0 Å². The van der Waals surface area contributed by atoms with Crippen LogP contribution in [-0.4, -0.2) is 23.9 Å². The van der Waals surface area contributed by atoms with Gasteiger partial charge in [-0.15, -0.1) is 6.58 Å². The summed E-state index contributed by atoms with van der Waals surface area (Å²) in [5.74, 6) is 0. The molecule has 68 valence electrons. The summed E-state index contributed by atoms with van der Waals surface area (Å²) in [6, 6.07) is 0. The summed E-state index contributed by atoms with van der Waals surface area (Å²) in [5, 5.41) is 8.90. The molecule has 0 bridgehead atoms. The van der Waals surface area contributed by atoms with E-state index < -0.39 is 0 Å². The minimum absolute atomic E-state index is 0.0452. The number of hydrogen-bond acceptors (Lipinski definition) is 2. The molecule has 0 amide bonds. The molecule has 0 aromatic heterocycles. The van der Waals surface area contributed by atoms with Crippen LogP contribution in [0.5, 0.6) is 0 Å². The molecule has 1 aliphatic rings. The second-order valence-corrected chi connectivity index (χ2v) is 3.25. The zero-order valence-corrected chi connectivity index (χ0v) is 7.33. The van der Waals surface area contributed by atoms with Crippen molar-refractivity contribution < 1.29 is 9.84 Å². The molecule has 0 spiro atoms. The van der Waals surface area contributed by atoms with Gasteiger partial charge in [0, 0.05) is 0 Å². The highest BCUT2D eigenvalue weighted by molar-refractivity contribution is 5.02. The Balaban J connectivity index is 2.44. The highest BCUT2D eigenvalue weighted by Crippen LogP contribution is 2.24. The van der Waals surface area contributed by atoms with Crippen molar-refractivity contribution in [3.05, 3.63) is 24.8 Å². The molecule has 0 aliphatic carbocycles. The fourth-order valence-corrected chi connectivity index (χ4v) is 1.53. The van der Waals surface area contributed by atoms with Crippen LogP contribution in [0.15, 0.2) is 24.8 Å². The Morgan fingerprint density at radius 3 is 2.75 bits per heavy atom. The van der Waals surface area contributed by atoms with Gasteiger partial charge < -0.3 is 9.84 Å². The number of ether oxygens (including phenoxy) is 1. The van der Waals surface area contributed by atoms with Gasteiger partial charge in [0.25, 0.3) is 0 Å². The largest absolute Gasteiger partial charge is 0.394 e. The Labute approximate surface area is 73.5 Å². The summed E-state index contributed by atoms with van der Waals surface area (Å²) >= 11 is 0. The Hall–Kier alpha value is -0.600. The first-order chi connectivity index (χ1) is 5.76. The van der Waals surface area contributed by atoms with E-state index in [-0.39, 0.29) is 18.8 Å². The van der Waals surface area contributed by atoms with Gasteiger partial charge in [0.1, 0.15) is 0 Å². The summed E-state index contributed by atoms with van der Waals surface area (Å²) in [7, 11) is 0. The second-order valence-electron chi connectivity index (χ2n) is 3.25. The number of aliphatic hydroxyl groups excluding tert-OH is 1. The van der Waals surface area contributed by atoms with E-state index in [1.807, 2.05) is 6.08 Å². The lowest BCUT2D eigenvalue weighted by Crippen LogP contribution is -2.30. The first-order valence-electron chi connectivity index (χ1n) is 4.30. The molecule has 0 saturated carbocycles. The third-order valence-electron chi connectivity index (χ3n) is 2.05. The van der Waals surface area contributed by atoms with Gasteiger partial charge in [-0.05, 0) is 19.3 Å². The fourth-order valence-electron chi connectivity index (χ4n) is 1.53. The maximum atomic E-state index is 8.90. The zero-order chi connectivity index (χ0) is 8.97. The predicted molar refractivity (Wildman–Crippen MR) is 48.9 cm³/mol. The smallest absolute Gasteiger partial charge is 0.0846 e. The van der Waals surface area contributed by atoms with Crippen LogP contribution in [0.3, 0.4) is 0 Å². The van der Waals surface area contributed by atoms with E-state index in [9.17, 15) is 0 Å². The van der Waals surface area contributed by atoms with Crippen LogP contribution >= 0.6 is 0 Å². The second kappa shape index (κ2) is 4.43. The highest BCUT2D eigenvalue weighted by atomic mass is 16.5. The van der Waals surface area contributed by atoms with E-state index in [4.69, 9.17) is 9.84 Å². The van der Waals surface area contributed by atoms with Gasteiger partial charge in [0.05, 0.1) is 18.8 Å². The summed E-state index contributed by atoms with van der Waals surface area (Å²) in [4.78, 5) is 0. The van der Waals surface area contributed by atoms with Crippen LogP contribution in [-0.2, 0) is 4.74 Å². The summed E-state index contributed by atoms with van der Waals surface area (Å²) in [6.07, 6.45) is 4.52. The summed E-state index contributed by atoms with van der Waals surface area (Å²) in [5.41, 5.74) is 1.17. The van der Waals surface area contributed by atoms with Gasteiger partial charge in [-0.1, -0.05) is 18.2 Å². The van der Waals surface area contributed by atoms with E-state index in [0.29, 0.717) is 0 Å². The molecule has 0 unspecified atom stereocenters. The normalized spacial score (nSPS) is 30.2. The molecular formula is C10H16O2. The minimum atomic E-state index is -0.0452. The molecule has 1 N–H and O–H groups in total. The first kappa shape index (κ1) is 9.49. The van der Waals surface area contributed by atoms with Gasteiger partial charge in [0.2, 0.25) is 0 Å². The lowest BCUT2D eigenvalue weighted by atomic mass is 9.98. The van der Waals surface area contributed by atoms with Crippen molar-refractivity contribution in [1.29, 1.82) is 0 Å². The molecule has 0 radical (unpaired) electrons. The number of hydrogen-bond donors (Lipinski definition) is 1. The molecule has 0 aromatic carbocycles. The molecule has 12 heavy (non-hydrogen) atoms. The molecule has 0 aromatic rings. The molecule has 2 nitrogen and oxygen atoms in total. The van der Waals surface area contributed by atoms with Crippen LogP contribution in [0.2, 0.25) is 0 Å². The summed E-state index contributed by atoms with van der Waals surface area (Å²) in [6.45, 7) is 7.67. The molecule has 1 rings (SSSR count). The van der Waals surface area contributed by atoms with Crippen LogP contribution < -0.4 is 0 Å². The fraction of sp³-hybridized carbons (Fsp3) is 0.600. The summed E-state index contributed by atoms with van der Waals surface area (Å²) < 4.78 is 5.56. The third-order valence-corrected chi connectivity index (χ3v) is 2.05. The average molecular weight is 168 g/mol. The van der Waals surface area contributed by atoms with E-state index in [2.05, 4.69) is 13.2 Å². The molecule has 1 heterocycles. The van der Waals surface area contributed by atoms with Crippen molar-refractivity contribution in [3.8, 4) is 0 Å². The topological polar surface area (TPSA) is 29.5 Å². The van der Waals surface area contributed by atoms with Gasteiger partial charge in [0.15, 0.2) is 0 Å². The van der Waals surface area contributed by atoms with Gasteiger partial charge in [-0.2, -0.15) is 0 Å². The van der Waals surface area contributed by atoms with Gasteiger partial charge in [-0.3, -0.25) is 0 Å². The monoisotopic (exact) mass is 168 g/mol. The van der Waals surface area contributed by atoms with E-state index in [0.717, 1.165) is 19.3 Å². The van der Waals surface area contributed by atoms with Crippen LogP contribution in [0.4, 0.5) is 0 Å². The Bertz CT molecular complexity index is 175. The maximum absolute atomic E-state index is 8.90. The average Bonchev–Trinajstić information content (AvgIpc) is 2.04. The van der Waals surface area contributed by atoms with Gasteiger partial charge >= 0.3 is 0 Å². The van der Waals surface area contributed by atoms with E-state index >= 15 is 0 Å². The molecule has 1 fully saturated rings. The standard InChI is InChI=1S/C10H16O2/c1-3-4-9-5-8(2)6-10(7-11)12-9/h3,9-11H,1-2,4-7H2/t9-,10-/m0/s1. The van der Waals surface area contributed by atoms with E-state index in [1.54, 1.807) is 0 Å². The van der Waals surface area contributed by atoms with Crippen LogP contribution in [0.1, 0.15) is 19.3 Å². The molecule has 2 atom stereocenters. The lowest BCUT2D eigenvalue weighted by Gasteiger charge is -2.29. The van der Waals surface area contributed by atoms with Gasteiger partial charge in [-0.25, -0.2) is 0 Å². The van der Waals surface area contributed by atoms with Crippen molar-refractivity contribution in [1.82, 2.24) is 0 Å². The number of aliphatic hydroxyl groups is 1. The van der Waals surface area contributed by atoms with Crippen LogP contribution in [0, 0.1) is 0 Å². The Morgan fingerprint density at radius 1 is 1.50 bits per heavy atom. The molecule has 1 aliphatic heterocycles. The molecule has 2 heteroatoms. The lowest BCUT2D eigenvalue weighted by molar-refractivity contribution is -0.0535. The van der Waals surface area contributed by atoms with Crippen molar-refractivity contribution >= 4 is 0 Å². The molecular weight excluding hydrogens is 152 g/mol. The Morgan fingerprint density at radius 2 is 2.17 bits per heavy atom. The zero-order valence-electron chi connectivity index (χ0n) is 7.33. The van der Waals surface area contributed by atoms with E-state index in [1.165, 1.54) is 5.57 Å². The first-order valence-corrected chi connectivity index (χ1v) is 4.30. The van der Waals surface area contributed by atoms with Crippen molar-refractivity contribution in [2.45, 2.75) is 31.5 Å². The maximum Gasteiger partial charge on any atom is 0.0846 e. The highest BCUT2D eigenvalue weighted by Gasteiger charge is 2.22. The Kier molecular flexibility index (Phi) is 3.50. The SMILES string of the molecule is C=CC[C@H]1CC(=C)C[C@@H](CO)O1. The quantitative estimate of drug-likeness (QED) is 0.649. The third kappa shape index (κ3) is 2.47.